The second-order valence-corrected chi connectivity index (χ2v) is 11.6. The highest BCUT2D eigenvalue weighted by Gasteiger charge is 2.29. The molecule has 3 aromatic heterocycles. The number of aromatic amines is 1. The Kier molecular flexibility index (Phi) is 7.53. The number of ether oxygens (including phenoxy) is 1. The van der Waals surface area contributed by atoms with Crippen molar-refractivity contribution in [1.82, 2.24) is 29.7 Å². The molecular weight excluding hydrogens is 490 g/mol. The molecule has 2 N–H and O–H groups in total. The molecule has 5 heterocycles. The third-order valence-corrected chi connectivity index (χ3v) is 7.35. The molecule has 2 fully saturated rings. The van der Waals surface area contributed by atoms with Crippen molar-refractivity contribution >= 4 is 34.7 Å². The Morgan fingerprint density at radius 2 is 2.03 bits per heavy atom. The number of hydrogen-bond acceptors (Lipinski definition) is 7. The maximum Gasteiger partial charge on any atom is 0.410 e. The minimum Gasteiger partial charge on any atom is -0.444 e. The van der Waals surface area contributed by atoms with Crippen LogP contribution in [0.5, 0.6) is 0 Å². The number of nitrogens with one attached hydrogen (secondary N) is 2. The zero-order valence-electron chi connectivity index (χ0n) is 21.8. The van der Waals surface area contributed by atoms with E-state index in [-0.39, 0.29) is 12.1 Å². The zero-order valence-corrected chi connectivity index (χ0v) is 22.6. The average Bonchev–Trinajstić information content (AvgIpc) is 3.29. The normalized spacial score (nSPS) is 19.8. The highest BCUT2D eigenvalue weighted by Crippen LogP contribution is 2.32. The molecule has 0 aromatic carbocycles. The summed E-state index contributed by atoms with van der Waals surface area (Å²) in [6.07, 6.45) is 9.35. The van der Waals surface area contributed by atoms with Gasteiger partial charge in [-0.1, -0.05) is 11.6 Å². The first-order valence-corrected chi connectivity index (χ1v) is 13.5. The Morgan fingerprint density at radius 1 is 1.22 bits per heavy atom. The van der Waals surface area contributed by atoms with E-state index in [2.05, 4.69) is 25.2 Å². The summed E-state index contributed by atoms with van der Waals surface area (Å²) in [5, 5.41) is 5.05. The van der Waals surface area contributed by atoms with E-state index in [0.717, 1.165) is 75.0 Å². The van der Waals surface area contributed by atoms with Gasteiger partial charge in [0, 0.05) is 55.6 Å². The quantitative estimate of drug-likeness (QED) is 0.472. The molecule has 0 aliphatic carbocycles. The van der Waals surface area contributed by atoms with Crippen LogP contribution in [-0.4, -0.2) is 80.2 Å². The molecule has 1 atom stereocenters. The number of pyridine rings is 1. The van der Waals surface area contributed by atoms with Crippen LogP contribution in [0.1, 0.15) is 46.5 Å². The second kappa shape index (κ2) is 10.8. The van der Waals surface area contributed by atoms with Crippen molar-refractivity contribution in [2.75, 3.05) is 38.0 Å². The summed E-state index contributed by atoms with van der Waals surface area (Å²) in [6, 6.07) is 4.19. The number of rotatable bonds is 5. The molecule has 5 rings (SSSR count). The van der Waals surface area contributed by atoms with Gasteiger partial charge in [0.1, 0.15) is 11.2 Å². The van der Waals surface area contributed by atoms with Crippen LogP contribution in [0.4, 0.5) is 10.7 Å². The maximum atomic E-state index is 12.4. The number of anilines is 1. The van der Waals surface area contributed by atoms with E-state index in [1.165, 1.54) is 0 Å². The second-order valence-electron chi connectivity index (χ2n) is 11.1. The van der Waals surface area contributed by atoms with E-state index < -0.39 is 5.60 Å². The predicted molar refractivity (Wildman–Crippen MR) is 146 cm³/mol. The molecule has 37 heavy (non-hydrogen) atoms. The summed E-state index contributed by atoms with van der Waals surface area (Å²) < 4.78 is 5.54. The molecule has 3 aromatic rings. The van der Waals surface area contributed by atoms with E-state index in [4.69, 9.17) is 21.3 Å². The van der Waals surface area contributed by atoms with Gasteiger partial charge in [0.15, 0.2) is 0 Å². The van der Waals surface area contributed by atoms with Gasteiger partial charge in [0.2, 0.25) is 5.95 Å². The first kappa shape index (κ1) is 25.7. The van der Waals surface area contributed by atoms with Gasteiger partial charge in [-0.05, 0) is 71.0 Å². The van der Waals surface area contributed by atoms with Crippen LogP contribution in [0.2, 0.25) is 5.02 Å². The summed E-state index contributed by atoms with van der Waals surface area (Å²) >= 11 is 6.50. The van der Waals surface area contributed by atoms with Gasteiger partial charge in [-0.3, -0.25) is 0 Å². The van der Waals surface area contributed by atoms with Gasteiger partial charge < -0.3 is 24.8 Å². The molecule has 2 aliphatic heterocycles. The van der Waals surface area contributed by atoms with Crippen molar-refractivity contribution in [3.63, 3.8) is 0 Å². The summed E-state index contributed by atoms with van der Waals surface area (Å²) in [5.74, 6) is 1.18. The molecule has 10 heteroatoms. The molecule has 0 radical (unpaired) electrons. The van der Waals surface area contributed by atoms with Crippen LogP contribution >= 0.6 is 11.6 Å². The number of aromatic nitrogens is 4. The molecule has 198 valence electrons. The summed E-state index contributed by atoms with van der Waals surface area (Å²) in [7, 11) is 0. The highest BCUT2D eigenvalue weighted by molar-refractivity contribution is 6.33. The molecule has 9 nitrogen and oxygen atoms in total. The summed E-state index contributed by atoms with van der Waals surface area (Å²) in [5.41, 5.74) is 1.97. The Bertz CT molecular complexity index is 1230. The van der Waals surface area contributed by atoms with Gasteiger partial charge in [-0.15, -0.1) is 0 Å². The number of carbonyl (C=O) groups excluding carboxylic acids is 1. The number of fused-ring (bicyclic) bond motifs is 1. The number of amides is 1. The van der Waals surface area contributed by atoms with E-state index in [9.17, 15) is 4.79 Å². The fourth-order valence-electron chi connectivity index (χ4n) is 5.29. The third kappa shape index (κ3) is 6.33. The summed E-state index contributed by atoms with van der Waals surface area (Å²) in [4.78, 5) is 33.6. The van der Waals surface area contributed by atoms with Crippen molar-refractivity contribution in [3.05, 3.63) is 35.7 Å². The van der Waals surface area contributed by atoms with Crippen molar-refractivity contribution in [1.29, 1.82) is 0 Å². The maximum absolute atomic E-state index is 12.4. The van der Waals surface area contributed by atoms with Crippen LogP contribution in [0, 0.1) is 5.92 Å². The fraction of sp³-hybridized carbons (Fsp3) is 0.556. The SMILES string of the molecule is CC(C)(C)OC(=O)N1CCC(CN2CCC[C@@H](Nc3ncc(Cl)c(-c4c[nH]c5ncccc45)n3)C2)CC1. The largest absolute Gasteiger partial charge is 0.444 e. The van der Waals surface area contributed by atoms with Crippen LogP contribution in [0.15, 0.2) is 30.7 Å². The molecule has 0 unspecified atom stereocenters. The third-order valence-electron chi connectivity index (χ3n) is 7.07. The first-order chi connectivity index (χ1) is 17.7. The molecule has 0 spiro atoms. The lowest BCUT2D eigenvalue weighted by Crippen LogP contribution is -2.47. The Labute approximate surface area is 223 Å². The van der Waals surface area contributed by atoms with Gasteiger partial charge in [0.25, 0.3) is 0 Å². The van der Waals surface area contributed by atoms with Gasteiger partial charge >= 0.3 is 6.09 Å². The Balaban J connectivity index is 1.17. The average molecular weight is 526 g/mol. The van der Waals surface area contributed by atoms with E-state index in [1.54, 1.807) is 12.4 Å². The molecular formula is C27H36ClN7O2. The monoisotopic (exact) mass is 525 g/mol. The Morgan fingerprint density at radius 3 is 2.81 bits per heavy atom. The lowest BCUT2D eigenvalue weighted by molar-refractivity contribution is 0.0166. The van der Waals surface area contributed by atoms with Crippen molar-refractivity contribution in [2.45, 2.75) is 58.1 Å². The number of carbonyl (C=O) groups is 1. The number of piperidine rings is 2. The number of likely N-dealkylation sites (tertiary alicyclic amines) is 2. The van der Waals surface area contributed by atoms with E-state index in [1.807, 2.05) is 44.0 Å². The standard InChI is InChI=1S/C27H36ClN7O2/c1-27(2,3)37-26(36)35-12-8-18(9-13-35)16-34-11-5-6-19(17-34)32-25-31-15-22(28)23(33-25)21-14-30-24-20(21)7-4-10-29-24/h4,7,10,14-15,18-19H,5-6,8-9,11-13,16-17H2,1-3H3,(H,29,30)(H,31,32,33)/t19-/m1/s1. The highest BCUT2D eigenvalue weighted by atomic mass is 35.5. The molecule has 0 bridgehead atoms. The van der Waals surface area contributed by atoms with Gasteiger partial charge in [-0.25, -0.2) is 19.7 Å². The molecule has 2 aliphatic rings. The minimum atomic E-state index is -0.453. The van der Waals surface area contributed by atoms with Crippen molar-refractivity contribution < 1.29 is 9.53 Å². The molecule has 1 amide bonds. The fourth-order valence-corrected chi connectivity index (χ4v) is 5.48. The van der Waals surface area contributed by atoms with Gasteiger partial charge in [-0.2, -0.15) is 0 Å². The number of nitrogens with zero attached hydrogens (tertiary/aromatic N) is 5. The first-order valence-electron chi connectivity index (χ1n) is 13.2. The van der Waals surface area contributed by atoms with Crippen LogP contribution < -0.4 is 5.32 Å². The van der Waals surface area contributed by atoms with E-state index >= 15 is 0 Å². The summed E-state index contributed by atoms with van der Waals surface area (Å²) in [6.45, 7) is 10.4. The van der Waals surface area contributed by atoms with Crippen molar-refractivity contribution in [3.8, 4) is 11.3 Å². The van der Waals surface area contributed by atoms with E-state index in [0.29, 0.717) is 22.6 Å². The smallest absolute Gasteiger partial charge is 0.410 e. The zero-order chi connectivity index (χ0) is 26.0. The lowest BCUT2D eigenvalue weighted by atomic mass is 9.95. The van der Waals surface area contributed by atoms with Crippen LogP contribution in [0.3, 0.4) is 0 Å². The van der Waals surface area contributed by atoms with Gasteiger partial charge in [0.05, 0.1) is 16.9 Å². The van der Waals surface area contributed by atoms with Crippen LogP contribution in [0.25, 0.3) is 22.3 Å². The van der Waals surface area contributed by atoms with Crippen LogP contribution in [-0.2, 0) is 4.74 Å². The number of halogens is 1. The lowest BCUT2D eigenvalue weighted by Gasteiger charge is -2.38. The Hall–Kier alpha value is -2.91. The van der Waals surface area contributed by atoms with Crippen molar-refractivity contribution in [2.24, 2.45) is 5.92 Å². The molecule has 0 saturated carbocycles. The topological polar surface area (TPSA) is 99.3 Å². The molecule has 2 saturated heterocycles. The minimum absolute atomic E-state index is 0.195. The number of hydrogen-bond donors (Lipinski definition) is 2. The number of H-pyrrole nitrogens is 1. The predicted octanol–water partition coefficient (Wildman–Crippen LogP) is 5.20.